The summed E-state index contributed by atoms with van der Waals surface area (Å²) >= 11 is 0. The van der Waals surface area contributed by atoms with Gasteiger partial charge in [0.2, 0.25) is 0 Å². The summed E-state index contributed by atoms with van der Waals surface area (Å²) in [4.78, 5) is 28.6. The van der Waals surface area contributed by atoms with E-state index in [9.17, 15) is 9.59 Å². The zero-order valence-corrected chi connectivity index (χ0v) is 16.3. The molecular weight excluding hydrogens is 346 g/mol. The van der Waals surface area contributed by atoms with Crippen LogP contribution in [0.5, 0.6) is 0 Å². The van der Waals surface area contributed by atoms with Gasteiger partial charge >= 0.3 is 12.2 Å². The summed E-state index contributed by atoms with van der Waals surface area (Å²) in [6.45, 7) is 8.92. The largest absolute Gasteiger partial charge is 0.445 e. The lowest BCUT2D eigenvalue weighted by molar-refractivity contribution is 0.0271. The van der Waals surface area contributed by atoms with E-state index in [1.165, 1.54) is 0 Å². The van der Waals surface area contributed by atoms with Crippen LogP contribution in [0.2, 0.25) is 0 Å². The molecule has 148 valence electrons. The van der Waals surface area contributed by atoms with Crippen molar-refractivity contribution in [1.82, 2.24) is 15.1 Å². The monoisotopic (exact) mass is 375 g/mol. The molecule has 2 aliphatic heterocycles. The van der Waals surface area contributed by atoms with Crippen molar-refractivity contribution in [2.24, 2.45) is 5.92 Å². The van der Waals surface area contributed by atoms with Gasteiger partial charge in [0.25, 0.3) is 0 Å². The number of fused-ring (bicyclic) bond motifs is 1. The molecule has 1 N–H and O–H groups in total. The molecule has 0 radical (unpaired) electrons. The first-order valence-corrected chi connectivity index (χ1v) is 9.49. The number of ether oxygens (including phenoxy) is 2. The molecule has 1 aromatic carbocycles. The molecule has 2 heterocycles. The van der Waals surface area contributed by atoms with E-state index in [2.05, 4.69) is 5.32 Å². The van der Waals surface area contributed by atoms with E-state index in [4.69, 9.17) is 9.47 Å². The maximum absolute atomic E-state index is 12.7. The number of nitrogens with one attached hydrogen (secondary N) is 1. The second kappa shape index (κ2) is 8.17. The second-order valence-corrected chi connectivity index (χ2v) is 8.15. The second-order valence-electron chi connectivity index (χ2n) is 8.15. The molecule has 0 aliphatic carbocycles. The molecule has 2 unspecified atom stereocenters. The molecule has 0 saturated carbocycles. The standard InChI is InChI=1S/C20H29N3O4/c1-20(2,3)27-18(24)22-12-16-11-21-9-10-23(17(16)13-22)19(25)26-14-15-7-5-4-6-8-15/h4-8,16-17,21H,9-14H2,1-3H3. The number of nitrogens with zero attached hydrogens (tertiary/aromatic N) is 2. The molecule has 2 atom stereocenters. The van der Waals surface area contributed by atoms with Gasteiger partial charge in [0.15, 0.2) is 0 Å². The maximum atomic E-state index is 12.7. The lowest BCUT2D eigenvalue weighted by atomic mass is 10.0. The Morgan fingerprint density at radius 1 is 1.15 bits per heavy atom. The number of rotatable bonds is 2. The van der Waals surface area contributed by atoms with Gasteiger partial charge in [-0.3, -0.25) is 0 Å². The van der Waals surface area contributed by atoms with Crippen LogP contribution in [-0.2, 0) is 16.1 Å². The van der Waals surface area contributed by atoms with Crippen molar-refractivity contribution in [2.45, 2.75) is 39.0 Å². The Morgan fingerprint density at radius 3 is 2.59 bits per heavy atom. The van der Waals surface area contributed by atoms with Crippen LogP contribution in [0.3, 0.4) is 0 Å². The van der Waals surface area contributed by atoms with Crippen LogP contribution in [0.1, 0.15) is 26.3 Å². The van der Waals surface area contributed by atoms with Gasteiger partial charge in [0.05, 0.1) is 6.04 Å². The molecule has 2 amide bonds. The third-order valence-electron chi connectivity index (χ3n) is 4.83. The summed E-state index contributed by atoms with van der Waals surface area (Å²) in [6.07, 6.45) is -0.656. The Kier molecular flexibility index (Phi) is 5.89. The number of benzene rings is 1. The Morgan fingerprint density at radius 2 is 1.89 bits per heavy atom. The highest BCUT2D eigenvalue weighted by Gasteiger charge is 2.43. The third kappa shape index (κ3) is 5.13. The number of amides is 2. The minimum absolute atomic E-state index is 0.0595. The minimum atomic E-state index is -0.533. The van der Waals surface area contributed by atoms with Crippen LogP contribution < -0.4 is 5.32 Å². The lowest BCUT2D eigenvalue weighted by Gasteiger charge is -2.29. The highest BCUT2D eigenvalue weighted by Crippen LogP contribution is 2.26. The van der Waals surface area contributed by atoms with Crippen LogP contribution in [0.4, 0.5) is 9.59 Å². The smallest absolute Gasteiger partial charge is 0.410 e. The van der Waals surface area contributed by atoms with E-state index < -0.39 is 5.60 Å². The summed E-state index contributed by atoms with van der Waals surface area (Å²) in [6, 6.07) is 9.57. The highest BCUT2D eigenvalue weighted by atomic mass is 16.6. The van der Waals surface area contributed by atoms with E-state index in [-0.39, 0.29) is 30.8 Å². The van der Waals surface area contributed by atoms with Gasteiger partial charge in [-0.15, -0.1) is 0 Å². The van der Waals surface area contributed by atoms with Crippen LogP contribution in [0.15, 0.2) is 30.3 Å². The summed E-state index contributed by atoms with van der Waals surface area (Å²) in [7, 11) is 0. The number of hydrogen-bond acceptors (Lipinski definition) is 5. The molecule has 7 heteroatoms. The predicted molar refractivity (Wildman–Crippen MR) is 101 cm³/mol. The number of likely N-dealkylation sites (tertiary alicyclic amines) is 1. The normalized spacial score (nSPS) is 22.8. The molecular formula is C20H29N3O4. The summed E-state index contributed by atoms with van der Waals surface area (Å²) < 4.78 is 11.0. The number of carbonyl (C=O) groups excluding carboxylic acids is 2. The highest BCUT2D eigenvalue weighted by molar-refractivity contribution is 5.70. The zero-order valence-electron chi connectivity index (χ0n) is 16.3. The average molecular weight is 375 g/mol. The quantitative estimate of drug-likeness (QED) is 0.860. The van der Waals surface area contributed by atoms with E-state index in [0.29, 0.717) is 19.6 Å². The van der Waals surface area contributed by atoms with Crippen LogP contribution in [0.25, 0.3) is 0 Å². The molecule has 7 nitrogen and oxygen atoms in total. The molecule has 0 aromatic heterocycles. The Labute approximate surface area is 160 Å². The molecule has 0 bridgehead atoms. The predicted octanol–water partition coefficient (Wildman–Crippen LogP) is 2.46. The number of hydrogen-bond donors (Lipinski definition) is 1. The Hall–Kier alpha value is -2.28. The molecule has 2 aliphatic rings. The van der Waals surface area contributed by atoms with Gasteiger partial charge < -0.3 is 24.6 Å². The van der Waals surface area contributed by atoms with E-state index in [1.807, 2.05) is 51.1 Å². The van der Waals surface area contributed by atoms with Crippen molar-refractivity contribution in [3.63, 3.8) is 0 Å². The molecule has 1 aromatic rings. The lowest BCUT2D eigenvalue weighted by Crippen LogP contribution is -2.46. The maximum Gasteiger partial charge on any atom is 0.410 e. The van der Waals surface area contributed by atoms with Gasteiger partial charge in [0, 0.05) is 38.6 Å². The van der Waals surface area contributed by atoms with Crippen molar-refractivity contribution >= 4 is 12.2 Å². The van der Waals surface area contributed by atoms with E-state index in [0.717, 1.165) is 18.7 Å². The average Bonchev–Trinajstić information content (AvgIpc) is 2.94. The van der Waals surface area contributed by atoms with E-state index in [1.54, 1.807) is 9.80 Å². The van der Waals surface area contributed by atoms with Crippen molar-refractivity contribution in [1.29, 1.82) is 0 Å². The molecule has 0 spiro atoms. The first-order valence-electron chi connectivity index (χ1n) is 9.49. The van der Waals surface area contributed by atoms with E-state index >= 15 is 0 Å². The van der Waals surface area contributed by atoms with Crippen LogP contribution in [0, 0.1) is 5.92 Å². The van der Waals surface area contributed by atoms with Crippen LogP contribution >= 0.6 is 0 Å². The van der Waals surface area contributed by atoms with Crippen molar-refractivity contribution < 1.29 is 19.1 Å². The van der Waals surface area contributed by atoms with Crippen molar-refractivity contribution in [2.75, 3.05) is 32.7 Å². The Bertz CT molecular complexity index is 659. The fraction of sp³-hybridized carbons (Fsp3) is 0.600. The molecule has 2 saturated heterocycles. The minimum Gasteiger partial charge on any atom is -0.445 e. The topological polar surface area (TPSA) is 71.1 Å². The zero-order chi connectivity index (χ0) is 19.4. The number of carbonyl (C=O) groups is 2. The van der Waals surface area contributed by atoms with Gasteiger partial charge in [0.1, 0.15) is 12.2 Å². The third-order valence-corrected chi connectivity index (χ3v) is 4.83. The Balaban J connectivity index is 1.63. The molecule has 2 fully saturated rings. The summed E-state index contributed by atoms with van der Waals surface area (Å²) in [5.41, 5.74) is 0.422. The van der Waals surface area contributed by atoms with Gasteiger partial charge in [-0.25, -0.2) is 9.59 Å². The molecule has 3 rings (SSSR count). The van der Waals surface area contributed by atoms with Gasteiger partial charge in [-0.05, 0) is 26.3 Å². The summed E-state index contributed by atoms with van der Waals surface area (Å²) in [5.74, 6) is 0.171. The van der Waals surface area contributed by atoms with Crippen LogP contribution in [-0.4, -0.2) is 66.4 Å². The van der Waals surface area contributed by atoms with Crippen molar-refractivity contribution in [3.05, 3.63) is 35.9 Å². The fourth-order valence-electron chi connectivity index (χ4n) is 3.57. The first-order chi connectivity index (χ1) is 12.8. The van der Waals surface area contributed by atoms with Crippen molar-refractivity contribution in [3.8, 4) is 0 Å². The summed E-state index contributed by atoms with van der Waals surface area (Å²) in [5, 5.41) is 3.36. The fourth-order valence-corrected chi connectivity index (χ4v) is 3.57. The first kappa shape index (κ1) is 19.5. The van der Waals surface area contributed by atoms with Gasteiger partial charge in [-0.2, -0.15) is 0 Å². The SMILES string of the molecule is CC(C)(C)OC(=O)N1CC2CNCCN(C(=O)OCc3ccccc3)C2C1. The molecule has 27 heavy (non-hydrogen) atoms. The van der Waals surface area contributed by atoms with Gasteiger partial charge in [-0.1, -0.05) is 30.3 Å².